The van der Waals surface area contributed by atoms with E-state index in [9.17, 15) is 9.59 Å². The Bertz CT molecular complexity index is 708. The molecule has 1 aromatic heterocycles. The van der Waals surface area contributed by atoms with Crippen molar-refractivity contribution in [3.63, 3.8) is 0 Å². The Kier molecular flexibility index (Phi) is 3.61. The van der Waals surface area contributed by atoms with Crippen molar-refractivity contribution in [2.75, 3.05) is 0 Å². The van der Waals surface area contributed by atoms with Crippen LogP contribution in [0, 0.1) is 20.8 Å². The molecular formula is C15H14N2O3. The smallest absolute Gasteiger partial charge is 0.355 e. The van der Waals surface area contributed by atoms with E-state index in [0.29, 0.717) is 11.4 Å². The van der Waals surface area contributed by atoms with Crippen molar-refractivity contribution in [1.82, 2.24) is 9.97 Å². The van der Waals surface area contributed by atoms with Crippen LogP contribution in [0.4, 0.5) is 0 Å². The number of rotatable bonds is 3. The fourth-order valence-electron chi connectivity index (χ4n) is 1.92. The van der Waals surface area contributed by atoms with Crippen molar-refractivity contribution in [2.45, 2.75) is 20.8 Å². The van der Waals surface area contributed by atoms with Gasteiger partial charge in [0.05, 0.1) is 5.56 Å². The quantitative estimate of drug-likeness (QED) is 0.866. The molecule has 0 atom stereocenters. The number of carbonyl (C=O) groups excluding carboxylic acids is 1. The second-order valence-electron chi connectivity index (χ2n) is 4.63. The van der Waals surface area contributed by atoms with E-state index in [1.165, 1.54) is 6.20 Å². The summed E-state index contributed by atoms with van der Waals surface area (Å²) in [6.45, 7) is 5.26. The highest BCUT2D eigenvalue weighted by atomic mass is 16.4. The zero-order valence-corrected chi connectivity index (χ0v) is 11.5. The molecule has 1 aromatic carbocycles. The molecule has 5 heteroatoms. The molecule has 0 radical (unpaired) electrons. The lowest BCUT2D eigenvalue weighted by Crippen LogP contribution is -2.14. The van der Waals surface area contributed by atoms with E-state index < -0.39 is 5.97 Å². The summed E-state index contributed by atoms with van der Waals surface area (Å²) in [5, 5.41) is 9.17. The molecule has 0 bridgehead atoms. The Morgan fingerprint density at radius 3 is 2.45 bits per heavy atom. The molecule has 0 spiro atoms. The SMILES string of the molecule is Cc1ccc(C)c(C(=O)c2cnc(C)nc2C(=O)O)c1. The monoisotopic (exact) mass is 270 g/mol. The third-order valence-electron chi connectivity index (χ3n) is 2.99. The van der Waals surface area contributed by atoms with Crippen LogP contribution < -0.4 is 0 Å². The van der Waals surface area contributed by atoms with Gasteiger partial charge in [0.2, 0.25) is 0 Å². The summed E-state index contributed by atoms with van der Waals surface area (Å²) in [6, 6.07) is 5.47. The minimum atomic E-state index is -1.23. The Balaban J connectivity index is 2.59. The fourth-order valence-corrected chi connectivity index (χ4v) is 1.92. The van der Waals surface area contributed by atoms with Gasteiger partial charge in [-0.25, -0.2) is 14.8 Å². The molecule has 0 aliphatic carbocycles. The Morgan fingerprint density at radius 2 is 1.80 bits per heavy atom. The molecule has 102 valence electrons. The molecule has 0 saturated heterocycles. The summed E-state index contributed by atoms with van der Waals surface area (Å²) in [4.78, 5) is 31.5. The summed E-state index contributed by atoms with van der Waals surface area (Å²) in [5.74, 6) is -1.28. The number of carbonyl (C=O) groups is 2. The van der Waals surface area contributed by atoms with Crippen molar-refractivity contribution in [3.05, 3.63) is 58.2 Å². The van der Waals surface area contributed by atoms with Crippen molar-refractivity contribution < 1.29 is 14.7 Å². The molecule has 0 amide bonds. The first-order valence-corrected chi connectivity index (χ1v) is 6.09. The highest BCUT2D eigenvalue weighted by Gasteiger charge is 2.21. The number of aromatic carboxylic acids is 1. The molecule has 2 rings (SSSR count). The van der Waals surface area contributed by atoms with Crippen LogP contribution in [0.5, 0.6) is 0 Å². The number of aromatic nitrogens is 2. The predicted molar refractivity (Wildman–Crippen MR) is 73.1 cm³/mol. The number of nitrogens with zero attached hydrogens (tertiary/aromatic N) is 2. The van der Waals surface area contributed by atoms with Gasteiger partial charge in [0.15, 0.2) is 11.5 Å². The Labute approximate surface area is 116 Å². The summed E-state index contributed by atoms with van der Waals surface area (Å²) >= 11 is 0. The van der Waals surface area contributed by atoms with Gasteiger partial charge in [-0.05, 0) is 32.4 Å². The third kappa shape index (κ3) is 2.56. The molecule has 20 heavy (non-hydrogen) atoms. The van der Waals surface area contributed by atoms with E-state index in [2.05, 4.69) is 9.97 Å². The van der Waals surface area contributed by atoms with E-state index in [4.69, 9.17) is 5.11 Å². The normalized spacial score (nSPS) is 10.3. The topological polar surface area (TPSA) is 80.2 Å². The number of ketones is 1. The largest absolute Gasteiger partial charge is 0.476 e. The van der Waals surface area contributed by atoms with Crippen LogP contribution in [0.3, 0.4) is 0 Å². The lowest BCUT2D eigenvalue weighted by Gasteiger charge is -2.08. The molecule has 0 saturated carbocycles. The van der Waals surface area contributed by atoms with E-state index in [1.54, 1.807) is 13.0 Å². The first kappa shape index (κ1) is 13.9. The molecule has 5 nitrogen and oxygen atoms in total. The zero-order chi connectivity index (χ0) is 14.9. The summed E-state index contributed by atoms with van der Waals surface area (Å²) in [7, 11) is 0. The van der Waals surface area contributed by atoms with Crippen LogP contribution in [0.15, 0.2) is 24.4 Å². The van der Waals surface area contributed by atoms with E-state index in [1.807, 2.05) is 26.0 Å². The van der Waals surface area contributed by atoms with Gasteiger partial charge in [0, 0.05) is 11.8 Å². The maximum atomic E-state index is 12.5. The van der Waals surface area contributed by atoms with E-state index in [0.717, 1.165) is 11.1 Å². The van der Waals surface area contributed by atoms with Crippen molar-refractivity contribution in [2.24, 2.45) is 0 Å². The molecule has 1 N–H and O–H groups in total. The number of carboxylic acid groups (broad SMARTS) is 1. The lowest BCUT2D eigenvalue weighted by molar-refractivity contribution is 0.0685. The second-order valence-corrected chi connectivity index (χ2v) is 4.63. The first-order chi connectivity index (χ1) is 9.40. The molecule has 0 aliphatic rings. The molecule has 0 fully saturated rings. The maximum Gasteiger partial charge on any atom is 0.355 e. The van der Waals surface area contributed by atoms with Gasteiger partial charge in [0.25, 0.3) is 0 Å². The fraction of sp³-hybridized carbons (Fsp3) is 0.200. The summed E-state index contributed by atoms with van der Waals surface area (Å²) in [5.41, 5.74) is 1.95. The number of carboxylic acids is 1. The van der Waals surface area contributed by atoms with Crippen LogP contribution in [0.25, 0.3) is 0 Å². The van der Waals surface area contributed by atoms with Crippen LogP contribution in [-0.2, 0) is 0 Å². The average molecular weight is 270 g/mol. The van der Waals surface area contributed by atoms with Gasteiger partial charge in [-0.2, -0.15) is 0 Å². The highest BCUT2D eigenvalue weighted by molar-refractivity contribution is 6.14. The summed E-state index contributed by atoms with van der Waals surface area (Å²) < 4.78 is 0. The van der Waals surface area contributed by atoms with Crippen molar-refractivity contribution >= 4 is 11.8 Å². The van der Waals surface area contributed by atoms with Crippen LogP contribution in [0.1, 0.15) is 43.4 Å². The second kappa shape index (κ2) is 5.21. The average Bonchev–Trinajstić information content (AvgIpc) is 2.40. The molecule has 1 heterocycles. The molecule has 0 unspecified atom stereocenters. The van der Waals surface area contributed by atoms with Crippen LogP contribution >= 0.6 is 0 Å². The Morgan fingerprint density at radius 1 is 1.10 bits per heavy atom. The number of hydrogen-bond acceptors (Lipinski definition) is 4. The summed E-state index contributed by atoms with van der Waals surface area (Å²) in [6.07, 6.45) is 1.27. The number of aryl methyl sites for hydroxylation is 3. The van der Waals surface area contributed by atoms with Crippen LogP contribution in [-0.4, -0.2) is 26.8 Å². The maximum absolute atomic E-state index is 12.5. The van der Waals surface area contributed by atoms with E-state index >= 15 is 0 Å². The highest BCUT2D eigenvalue weighted by Crippen LogP contribution is 2.17. The third-order valence-corrected chi connectivity index (χ3v) is 2.99. The van der Waals surface area contributed by atoms with Gasteiger partial charge < -0.3 is 5.11 Å². The van der Waals surface area contributed by atoms with Crippen LogP contribution in [0.2, 0.25) is 0 Å². The van der Waals surface area contributed by atoms with Crippen molar-refractivity contribution in [1.29, 1.82) is 0 Å². The molecule has 2 aromatic rings. The van der Waals surface area contributed by atoms with Gasteiger partial charge in [-0.3, -0.25) is 4.79 Å². The van der Waals surface area contributed by atoms with Gasteiger partial charge in [-0.15, -0.1) is 0 Å². The van der Waals surface area contributed by atoms with Gasteiger partial charge in [0.1, 0.15) is 5.82 Å². The number of hydrogen-bond donors (Lipinski definition) is 1. The van der Waals surface area contributed by atoms with Gasteiger partial charge >= 0.3 is 5.97 Å². The number of benzene rings is 1. The Hall–Kier alpha value is -2.56. The van der Waals surface area contributed by atoms with Gasteiger partial charge in [-0.1, -0.05) is 17.7 Å². The molecule has 0 aliphatic heterocycles. The predicted octanol–water partition coefficient (Wildman–Crippen LogP) is 2.33. The lowest BCUT2D eigenvalue weighted by atomic mass is 9.97. The zero-order valence-electron chi connectivity index (χ0n) is 11.5. The van der Waals surface area contributed by atoms with E-state index in [-0.39, 0.29) is 17.0 Å². The molecular weight excluding hydrogens is 256 g/mol. The standard InChI is InChI=1S/C15H14N2O3/c1-8-4-5-9(2)11(6-8)14(18)12-7-16-10(3)17-13(12)15(19)20/h4-7H,1-3H3,(H,19,20). The van der Waals surface area contributed by atoms with Crippen molar-refractivity contribution in [3.8, 4) is 0 Å². The first-order valence-electron chi connectivity index (χ1n) is 6.09. The minimum Gasteiger partial charge on any atom is -0.476 e. The minimum absolute atomic E-state index is 0.0109.